The van der Waals surface area contributed by atoms with Crippen LogP contribution in [0.2, 0.25) is 0 Å². The minimum absolute atomic E-state index is 0.00825. The first-order valence-electron chi connectivity index (χ1n) is 5.37. The molecule has 0 aliphatic carbocycles. The molecular formula is C12H16N2O2. The van der Waals surface area contributed by atoms with E-state index < -0.39 is 0 Å². The molecule has 0 spiro atoms. The summed E-state index contributed by atoms with van der Waals surface area (Å²) in [6.45, 7) is 0.551. The molecule has 1 fully saturated rings. The van der Waals surface area contributed by atoms with Gasteiger partial charge in [-0.1, -0.05) is 12.1 Å². The van der Waals surface area contributed by atoms with Crippen LogP contribution in [-0.2, 0) is 4.79 Å². The normalized spacial score (nSPS) is 25.0. The minimum Gasteiger partial charge on any atom is -0.497 e. The van der Waals surface area contributed by atoms with Crippen molar-refractivity contribution in [1.29, 1.82) is 0 Å². The smallest absolute Gasteiger partial charge is 0.220 e. The standard InChI is InChI=1S/C12H16N2O2/c1-16-9-4-2-8(3-5-9)10-6-12(15)14-7-11(10)13/h2-5,10-11H,6-7,13H2,1H3,(H,14,15)/t10-,11+/m0/s1. The quantitative estimate of drug-likeness (QED) is 0.768. The topological polar surface area (TPSA) is 64.3 Å². The molecule has 0 aromatic heterocycles. The first-order valence-corrected chi connectivity index (χ1v) is 5.37. The summed E-state index contributed by atoms with van der Waals surface area (Å²) in [6, 6.07) is 7.73. The molecule has 0 bridgehead atoms. The van der Waals surface area contributed by atoms with E-state index in [1.54, 1.807) is 7.11 Å². The van der Waals surface area contributed by atoms with Crippen LogP contribution >= 0.6 is 0 Å². The maximum absolute atomic E-state index is 11.3. The van der Waals surface area contributed by atoms with Crippen molar-refractivity contribution in [2.24, 2.45) is 5.73 Å². The summed E-state index contributed by atoms with van der Waals surface area (Å²) >= 11 is 0. The van der Waals surface area contributed by atoms with Gasteiger partial charge in [-0.25, -0.2) is 0 Å². The summed E-state index contributed by atoms with van der Waals surface area (Å²) in [5.41, 5.74) is 7.10. The van der Waals surface area contributed by atoms with Gasteiger partial charge in [0.25, 0.3) is 0 Å². The van der Waals surface area contributed by atoms with E-state index in [9.17, 15) is 4.79 Å². The molecule has 2 rings (SSSR count). The highest BCUT2D eigenvalue weighted by Gasteiger charge is 2.27. The molecule has 4 nitrogen and oxygen atoms in total. The molecule has 16 heavy (non-hydrogen) atoms. The minimum atomic E-state index is -0.00825. The molecule has 0 unspecified atom stereocenters. The van der Waals surface area contributed by atoms with Gasteiger partial charge >= 0.3 is 0 Å². The number of hydrogen-bond acceptors (Lipinski definition) is 3. The van der Waals surface area contributed by atoms with Gasteiger partial charge in [-0.2, -0.15) is 0 Å². The Bertz CT molecular complexity index is 375. The average Bonchev–Trinajstić information content (AvgIpc) is 2.32. The number of amides is 1. The van der Waals surface area contributed by atoms with Crippen molar-refractivity contribution in [1.82, 2.24) is 5.32 Å². The Morgan fingerprint density at radius 1 is 1.38 bits per heavy atom. The number of carbonyl (C=O) groups is 1. The van der Waals surface area contributed by atoms with Crippen LogP contribution in [0, 0.1) is 0 Å². The van der Waals surface area contributed by atoms with Gasteiger partial charge in [0.1, 0.15) is 5.75 Å². The first-order chi connectivity index (χ1) is 7.70. The molecule has 1 aromatic carbocycles. The predicted molar refractivity (Wildman–Crippen MR) is 61.3 cm³/mol. The van der Waals surface area contributed by atoms with Crippen LogP contribution < -0.4 is 15.8 Å². The van der Waals surface area contributed by atoms with E-state index in [1.807, 2.05) is 24.3 Å². The largest absolute Gasteiger partial charge is 0.497 e. The van der Waals surface area contributed by atoms with Crippen LogP contribution in [0.3, 0.4) is 0 Å². The van der Waals surface area contributed by atoms with Crippen LogP contribution in [-0.4, -0.2) is 25.6 Å². The van der Waals surface area contributed by atoms with Crippen molar-refractivity contribution in [2.75, 3.05) is 13.7 Å². The molecule has 4 heteroatoms. The number of benzene rings is 1. The van der Waals surface area contributed by atoms with E-state index in [2.05, 4.69) is 5.32 Å². The summed E-state index contributed by atoms with van der Waals surface area (Å²) < 4.78 is 5.09. The predicted octanol–water partition coefficient (Wildman–Crippen LogP) is 0.626. The summed E-state index contributed by atoms with van der Waals surface area (Å²) in [7, 11) is 1.63. The lowest BCUT2D eigenvalue weighted by molar-refractivity contribution is -0.122. The number of methoxy groups -OCH3 is 1. The van der Waals surface area contributed by atoms with Gasteiger partial charge in [-0.05, 0) is 17.7 Å². The Morgan fingerprint density at radius 2 is 2.06 bits per heavy atom. The highest BCUT2D eigenvalue weighted by atomic mass is 16.5. The van der Waals surface area contributed by atoms with Gasteiger partial charge < -0.3 is 15.8 Å². The second-order valence-corrected chi connectivity index (χ2v) is 4.05. The van der Waals surface area contributed by atoms with Crippen molar-refractivity contribution in [2.45, 2.75) is 18.4 Å². The number of ether oxygens (including phenoxy) is 1. The fraction of sp³-hybridized carbons (Fsp3) is 0.417. The van der Waals surface area contributed by atoms with E-state index in [1.165, 1.54) is 0 Å². The summed E-state index contributed by atoms with van der Waals surface area (Å²) in [5.74, 6) is 1.000. The Hall–Kier alpha value is -1.55. The average molecular weight is 220 g/mol. The van der Waals surface area contributed by atoms with Crippen LogP contribution in [0.15, 0.2) is 24.3 Å². The van der Waals surface area contributed by atoms with Crippen molar-refractivity contribution < 1.29 is 9.53 Å². The van der Waals surface area contributed by atoms with Crippen molar-refractivity contribution in [3.63, 3.8) is 0 Å². The molecule has 1 saturated heterocycles. The third-order valence-electron chi connectivity index (χ3n) is 3.00. The van der Waals surface area contributed by atoms with E-state index >= 15 is 0 Å². The van der Waals surface area contributed by atoms with Crippen LogP contribution in [0.4, 0.5) is 0 Å². The number of piperidine rings is 1. The molecular weight excluding hydrogens is 204 g/mol. The third kappa shape index (κ3) is 2.17. The molecule has 1 heterocycles. The number of carbonyl (C=O) groups excluding carboxylic acids is 1. The maximum atomic E-state index is 11.3. The molecule has 0 saturated carbocycles. The molecule has 1 amide bonds. The molecule has 2 atom stereocenters. The molecule has 1 aliphatic heterocycles. The van der Waals surface area contributed by atoms with E-state index in [0.29, 0.717) is 13.0 Å². The Labute approximate surface area is 94.8 Å². The lowest BCUT2D eigenvalue weighted by Gasteiger charge is -2.29. The molecule has 0 radical (unpaired) electrons. The van der Waals surface area contributed by atoms with Gasteiger partial charge in [0.2, 0.25) is 5.91 Å². The van der Waals surface area contributed by atoms with Crippen molar-refractivity contribution >= 4 is 5.91 Å². The van der Waals surface area contributed by atoms with Gasteiger partial charge in [-0.15, -0.1) is 0 Å². The molecule has 3 N–H and O–H groups in total. The van der Waals surface area contributed by atoms with E-state index in [0.717, 1.165) is 11.3 Å². The second kappa shape index (κ2) is 4.53. The Kier molecular flexibility index (Phi) is 3.10. The molecule has 1 aromatic rings. The Morgan fingerprint density at radius 3 is 2.69 bits per heavy atom. The van der Waals surface area contributed by atoms with Crippen LogP contribution in [0.25, 0.3) is 0 Å². The van der Waals surface area contributed by atoms with Gasteiger partial charge in [-0.3, -0.25) is 4.79 Å². The zero-order valence-corrected chi connectivity index (χ0v) is 9.27. The number of rotatable bonds is 2. The van der Waals surface area contributed by atoms with Crippen LogP contribution in [0.1, 0.15) is 17.9 Å². The summed E-state index contributed by atoms with van der Waals surface area (Å²) in [6.07, 6.45) is 0.466. The second-order valence-electron chi connectivity index (χ2n) is 4.05. The lowest BCUT2D eigenvalue weighted by Crippen LogP contribution is -2.47. The van der Waals surface area contributed by atoms with Gasteiger partial charge in [0.05, 0.1) is 7.11 Å². The number of nitrogens with one attached hydrogen (secondary N) is 1. The number of hydrogen-bond donors (Lipinski definition) is 2. The maximum Gasteiger partial charge on any atom is 0.220 e. The number of nitrogens with two attached hydrogens (primary N) is 1. The Balaban J connectivity index is 2.18. The lowest BCUT2D eigenvalue weighted by atomic mass is 9.86. The van der Waals surface area contributed by atoms with E-state index in [-0.39, 0.29) is 17.9 Å². The third-order valence-corrected chi connectivity index (χ3v) is 3.00. The van der Waals surface area contributed by atoms with Crippen molar-refractivity contribution in [3.8, 4) is 5.75 Å². The summed E-state index contributed by atoms with van der Waals surface area (Å²) in [5, 5.41) is 2.77. The fourth-order valence-electron chi connectivity index (χ4n) is 2.01. The zero-order valence-electron chi connectivity index (χ0n) is 9.27. The zero-order chi connectivity index (χ0) is 11.5. The van der Waals surface area contributed by atoms with Gasteiger partial charge in [0.15, 0.2) is 0 Å². The fourth-order valence-corrected chi connectivity index (χ4v) is 2.01. The molecule has 86 valence electrons. The van der Waals surface area contributed by atoms with Crippen LogP contribution in [0.5, 0.6) is 5.75 Å². The monoisotopic (exact) mass is 220 g/mol. The van der Waals surface area contributed by atoms with Gasteiger partial charge in [0, 0.05) is 24.9 Å². The SMILES string of the molecule is COc1ccc([C@@H]2CC(=O)NC[C@H]2N)cc1. The molecule has 1 aliphatic rings. The summed E-state index contributed by atoms with van der Waals surface area (Å²) in [4.78, 5) is 11.3. The van der Waals surface area contributed by atoms with Crippen molar-refractivity contribution in [3.05, 3.63) is 29.8 Å². The highest BCUT2D eigenvalue weighted by Crippen LogP contribution is 2.26. The first kappa shape index (κ1) is 11.0. The highest BCUT2D eigenvalue weighted by molar-refractivity contribution is 5.78. The van der Waals surface area contributed by atoms with E-state index in [4.69, 9.17) is 10.5 Å².